The SMILES string of the molecule is CC(O)C(N)CN1CCNC1=O. The van der Waals surface area contributed by atoms with Gasteiger partial charge in [0.25, 0.3) is 0 Å². The maximum atomic E-state index is 11.0. The number of aliphatic hydroxyl groups excluding tert-OH is 1. The van der Waals surface area contributed by atoms with E-state index in [9.17, 15) is 4.79 Å². The molecule has 5 nitrogen and oxygen atoms in total. The fourth-order valence-corrected chi connectivity index (χ4v) is 1.09. The Hall–Kier alpha value is -0.810. The predicted molar refractivity (Wildman–Crippen MR) is 44.6 cm³/mol. The molecule has 1 aliphatic rings. The van der Waals surface area contributed by atoms with Crippen LogP contribution in [0.25, 0.3) is 0 Å². The molecule has 1 aliphatic heterocycles. The van der Waals surface area contributed by atoms with Gasteiger partial charge in [-0.15, -0.1) is 0 Å². The molecule has 0 aromatic heterocycles. The van der Waals surface area contributed by atoms with Gasteiger partial charge in [0.15, 0.2) is 0 Å². The lowest BCUT2D eigenvalue weighted by molar-refractivity contribution is 0.143. The lowest BCUT2D eigenvalue weighted by atomic mass is 10.2. The molecule has 12 heavy (non-hydrogen) atoms. The minimum Gasteiger partial charge on any atom is -0.392 e. The van der Waals surface area contributed by atoms with Gasteiger partial charge in [-0.05, 0) is 6.92 Å². The maximum absolute atomic E-state index is 11.0. The summed E-state index contributed by atoms with van der Waals surface area (Å²) in [6.07, 6.45) is -0.571. The molecule has 0 bridgehead atoms. The third-order valence-electron chi connectivity index (χ3n) is 2.00. The molecule has 1 rings (SSSR count). The molecule has 1 saturated heterocycles. The van der Waals surface area contributed by atoms with Crippen LogP contribution in [0.1, 0.15) is 6.92 Å². The van der Waals surface area contributed by atoms with E-state index in [0.717, 1.165) is 0 Å². The van der Waals surface area contributed by atoms with Crippen LogP contribution in [0.5, 0.6) is 0 Å². The zero-order chi connectivity index (χ0) is 9.14. The van der Waals surface area contributed by atoms with E-state index in [1.165, 1.54) is 0 Å². The van der Waals surface area contributed by atoms with Crippen molar-refractivity contribution >= 4 is 6.03 Å². The fraction of sp³-hybridized carbons (Fsp3) is 0.857. The molecule has 0 aliphatic carbocycles. The topological polar surface area (TPSA) is 78.6 Å². The number of hydrogen-bond acceptors (Lipinski definition) is 3. The first-order valence-corrected chi connectivity index (χ1v) is 4.07. The second kappa shape index (κ2) is 3.73. The van der Waals surface area contributed by atoms with Crippen molar-refractivity contribution in [3.63, 3.8) is 0 Å². The lowest BCUT2D eigenvalue weighted by Gasteiger charge is -2.21. The second-order valence-corrected chi connectivity index (χ2v) is 3.08. The Kier molecular flexibility index (Phi) is 2.88. The van der Waals surface area contributed by atoms with Crippen LogP contribution in [0.4, 0.5) is 4.79 Å². The number of carbonyl (C=O) groups is 1. The van der Waals surface area contributed by atoms with E-state index < -0.39 is 6.10 Å². The molecule has 0 radical (unpaired) electrons. The summed E-state index contributed by atoms with van der Waals surface area (Å²) in [4.78, 5) is 12.6. The first kappa shape index (κ1) is 9.28. The minimum atomic E-state index is -0.571. The highest BCUT2D eigenvalue weighted by Crippen LogP contribution is 1.99. The van der Waals surface area contributed by atoms with Gasteiger partial charge in [-0.2, -0.15) is 0 Å². The predicted octanol–water partition coefficient (Wildman–Crippen LogP) is -1.28. The molecule has 0 spiro atoms. The van der Waals surface area contributed by atoms with Gasteiger partial charge in [0.2, 0.25) is 0 Å². The molecular weight excluding hydrogens is 158 g/mol. The zero-order valence-electron chi connectivity index (χ0n) is 7.16. The highest BCUT2D eigenvalue weighted by atomic mass is 16.3. The van der Waals surface area contributed by atoms with E-state index in [1.807, 2.05) is 0 Å². The van der Waals surface area contributed by atoms with Gasteiger partial charge >= 0.3 is 6.03 Å². The van der Waals surface area contributed by atoms with Gasteiger partial charge in [0, 0.05) is 25.7 Å². The van der Waals surface area contributed by atoms with Crippen LogP contribution in [0.3, 0.4) is 0 Å². The summed E-state index contributed by atoms with van der Waals surface area (Å²) in [5.74, 6) is 0. The number of rotatable bonds is 3. The summed E-state index contributed by atoms with van der Waals surface area (Å²) in [6.45, 7) is 3.40. The van der Waals surface area contributed by atoms with Crippen molar-refractivity contribution in [2.45, 2.75) is 19.1 Å². The fourth-order valence-electron chi connectivity index (χ4n) is 1.09. The smallest absolute Gasteiger partial charge is 0.317 e. The molecule has 0 aromatic carbocycles. The van der Waals surface area contributed by atoms with Crippen molar-refractivity contribution in [2.75, 3.05) is 19.6 Å². The number of amides is 2. The van der Waals surface area contributed by atoms with Crippen LogP contribution in [-0.2, 0) is 0 Å². The summed E-state index contributed by atoms with van der Waals surface area (Å²) >= 11 is 0. The third kappa shape index (κ3) is 2.09. The van der Waals surface area contributed by atoms with Gasteiger partial charge in [-0.25, -0.2) is 4.79 Å². The van der Waals surface area contributed by atoms with Crippen molar-refractivity contribution in [3.05, 3.63) is 0 Å². The molecule has 1 heterocycles. The molecular formula is C7H15N3O2. The number of hydrogen-bond donors (Lipinski definition) is 3. The number of carbonyl (C=O) groups excluding carboxylic acids is 1. The normalized spacial score (nSPS) is 22.2. The average molecular weight is 173 g/mol. The molecule has 1 fully saturated rings. The maximum Gasteiger partial charge on any atom is 0.317 e. The van der Waals surface area contributed by atoms with Crippen LogP contribution in [0.15, 0.2) is 0 Å². The van der Waals surface area contributed by atoms with Gasteiger partial charge in [0.1, 0.15) is 0 Å². The van der Waals surface area contributed by atoms with Crippen LogP contribution in [-0.4, -0.2) is 47.8 Å². The largest absolute Gasteiger partial charge is 0.392 e. The number of nitrogens with zero attached hydrogens (tertiary/aromatic N) is 1. The minimum absolute atomic E-state index is 0.0916. The average Bonchev–Trinajstić information content (AvgIpc) is 2.36. The highest BCUT2D eigenvalue weighted by Gasteiger charge is 2.22. The van der Waals surface area contributed by atoms with Crippen molar-refractivity contribution in [1.29, 1.82) is 0 Å². The van der Waals surface area contributed by atoms with E-state index in [0.29, 0.717) is 19.6 Å². The second-order valence-electron chi connectivity index (χ2n) is 3.08. The summed E-state index contributed by atoms with van der Waals surface area (Å²) in [5, 5.41) is 11.7. The monoisotopic (exact) mass is 173 g/mol. The Labute approximate surface area is 71.5 Å². The van der Waals surface area contributed by atoms with Crippen LogP contribution in [0, 0.1) is 0 Å². The van der Waals surface area contributed by atoms with Crippen LogP contribution < -0.4 is 11.1 Å². The van der Waals surface area contributed by atoms with Crippen LogP contribution in [0.2, 0.25) is 0 Å². The summed E-state index contributed by atoms with van der Waals surface area (Å²) in [6, 6.07) is -0.444. The Morgan fingerprint density at radius 3 is 2.92 bits per heavy atom. The van der Waals surface area contributed by atoms with Gasteiger partial charge in [0.05, 0.1) is 6.10 Å². The Bertz CT molecular complexity index is 172. The molecule has 2 amide bonds. The highest BCUT2D eigenvalue weighted by molar-refractivity contribution is 5.76. The summed E-state index contributed by atoms with van der Waals surface area (Å²) in [5.41, 5.74) is 5.59. The van der Waals surface area contributed by atoms with Gasteiger partial charge < -0.3 is 21.1 Å². The zero-order valence-corrected chi connectivity index (χ0v) is 7.16. The Morgan fingerprint density at radius 2 is 2.50 bits per heavy atom. The molecule has 2 unspecified atom stereocenters. The number of urea groups is 1. The molecule has 0 saturated carbocycles. The standard InChI is InChI=1S/C7H15N3O2/c1-5(11)6(8)4-10-3-2-9-7(10)12/h5-6,11H,2-4,8H2,1H3,(H,9,12). The first-order chi connectivity index (χ1) is 5.61. The van der Waals surface area contributed by atoms with E-state index in [-0.39, 0.29) is 12.1 Å². The number of nitrogens with one attached hydrogen (secondary N) is 1. The Morgan fingerprint density at radius 1 is 1.83 bits per heavy atom. The van der Waals surface area contributed by atoms with E-state index in [4.69, 9.17) is 10.8 Å². The summed E-state index contributed by atoms with van der Waals surface area (Å²) < 4.78 is 0. The van der Waals surface area contributed by atoms with Crippen molar-refractivity contribution in [2.24, 2.45) is 5.73 Å². The number of aliphatic hydroxyl groups is 1. The van der Waals surface area contributed by atoms with Crippen molar-refractivity contribution in [3.8, 4) is 0 Å². The van der Waals surface area contributed by atoms with Gasteiger partial charge in [-0.1, -0.05) is 0 Å². The first-order valence-electron chi connectivity index (χ1n) is 4.07. The molecule has 70 valence electrons. The number of nitrogens with two attached hydrogens (primary N) is 1. The Balaban J connectivity index is 2.35. The van der Waals surface area contributed by atoms with Crippen molar-refractivity contribution < 1.29 is 9.90 Å². The van der Waals surface area contributed by atoms with E-state index in [1.54, 1.807) is 11.8 Å². The van der Waals surface area contributed by atoms with E-state index in [2.05, 4.69) is 5.32 Å². The van der Waals surface area contributed by atoms with E-state index >= 15 is 0 Å². The summed E-state index contributed by atoms with van der Waals surface area (Å²) in [7, 11) is 0. The molecule has 0 aromatic rings. The lowest BCUT2D eigenvalue weighted by Crippen LogP contribution is -2.44. The van der Waals surface area contributed by atoms with Crippen LogP contribution >= 0.6 is 0 Å². The van der Waals surface area contributed by atoms with Crippen molar-refractivity contribution in [1.82, 2.24) is 10.2 Å². The molecule has 5 heteroatoms. The van der Waals surface area contributed by atoms with Gasteiger partial charge in [-0.3, -0.25) is 0 Å². The molecule has 2 atom stereocenters. The quantitative estimate of drug-likeness (QED) is 0.497. The molecule has 4 N–H and O–H groups in total. The third-order valence-corrected chi connectivity index (χ3v) is 2.00.